The Kier molecular flexibility index (Phi) is 3.12. The monoisotopic (exact) mass is 281 g/mol. The maximum Gasteiger partial charge on any atom is 0.488 e. The van der Waals surface area contributed by atoms with E-state index in [2.05, 4.69) is 36.9 Å². The average Bonchev–Trinajstić information content (AvgIpc) is 2.67. The molecule has 0 saturated carbocycles. The summed E-state index contributed by atoms with van der Waals surface area (Å²) in [5, 5.41) is 18.8. The van der Waals surface area contributed by atoms with Gasteiger partial charge >= 0.3 is 7.12 Å². The van der Waals surface area contributed by atoms with E-state index in [9.17, 15) is 10.0 Å². The van der Waals surface area contributed by atoms with Gasteiger partial charge in [-0.3, -0.25) is 0 Å². The van der Waals surface area contributed by atoms with E-state index in [-0.39, 0.29) is 5.41 Å². The predicted octanol–water partition coefficient (Wildman–Crippen LogP) is 1.74. The molecule has 2 aromatic carbocycles. The molecule has 3 nitrogen and oxygen atoms in total. The highest BCUT2D eigenvalue weighted by atomic mass is 16.4. The van der Waals surface area contributed by atoms with E-state index < -0.39 is 7.12 Å². The molecule has 0 bridgehead atoms. The molecule has 0 fully saturated rings. The molecule has 1 aliphatic rings. The standard InChI is InChI=1S/C17H20BNO2/c1-17(2)15-9-11(18(20)21)5-7-13(15)14-8-6-12(19(3)4)10-16(14)17/h5-10,20-21H,1-4H3. The molecule has 21 heavy (non-hydrogen) atoms. The van der Waals surface area contributed by atoms with Crippen LogP contribution in [0.4, 0.5) is 5.69 Å². The van der Waals surface area contributed by atoms with Crippen LogP contribution in [0.15, 0.2) is 36.4 Å². The SMILES string of the molecule is CN(C)c1ccc2c(c1)C(C)(C)c1cc(B(O)O)ccc1-2. The van der Waals surface area contributed by atoms with Crippen LogP contribution in [-0.2, 0) is 5.41 Å². The third-order valence-corrected chi connectivity index (χ3v) is 4.50. The van der Waals surface area contributed by atoms with Crippen molar-refractivity contribution in [1.29, 1.82) is 0 Å². The van der Waals surface area contributed by atoms with Crippen molar-refractivity contribution in [2.75, 3.05) is 19.0 Å². The topological polar surface area (TPSA) is 43.7 Å². The summed E-state index contributed by atoms with van der Waals surface area (Å²) in [7, 11) is 2.65. The third-order valence-electron chi connectivity index (χ3n) is 4.50. The summed E-state index contributed by atoms with van der Waals surface area (Å²) in [6.45, 7) is 4.37. The number of hydrogen-bond acceptors (Lipinski definition) is 3. The zero-order valence-corrected chi connectivity index (χ0v) is 12.9. The average molecular weight is 281 g/mol. The molecule has 0 heterocycles. The number of benzene rings is 2. The second-order valence-electron chi connectivity index (χ2n) is 6.43. The minimum absolute atomic E-state index is 0.137. The fourth-order valence-corrected chi connectivity index (χ4v) is 3.18. The van der Waals surface area contributed by atoms with E-state index in [1.165, 1.54) is 22.4 Å². The zero-order valence-electron chi connectivity index (χ0n) is 12.9. The smallest absolute Gasteiger partial charge is 0.423 e. The van der Waals surface area contributed by atoms with Gasteiger partial charge in [0.05, 0.1) is 0 Å². The largest absolute Gasteiger partial charge is 0.488 e. The van der Waals surface area contributed by atoms with Crippen LogP contribution in [0.2, 0.25) is 0 Å². The summed E-state index contributed by atoms with van der Waals surface area (Å²) in [4.78, 5) is 2.10. The molecule has 0 aliphatic heterocycles. The molecular weight excluding hydrogens is 261 g/mol. The maximum atomic E-state index is 9.41. The second-order valence-corrected chi connectivity index (χ2v) is 6.43. The summed E-state index contributed by atoms with van der Waals surface area (Å²) < 4.78 is 0. The molecular formula is C17H20BNO2. The van der Waals surface area contributed by atoms with E-state index in [1.807, 2.05) is 26.2 Å². The van der Waals surface area contributed by atoms with Crippen LogP contribution in [0.1, 0.15) is 25.0 Å². The van der Waals surface area contributed by atoms with Gasteiger partial charge in [-0.25, -0.2) is 0 Å². The first kappa shape index (κ1) is 14.2. The molecule has 0 aromatic heterocycles. The summed E-state index contributed by atoms with van der Waals surface area (Å²) >= 11 is 0. The Balaban J connectivity index is 2.22. The van der Waals surface area contributed by atoms with Crippen LogP contribution >= 0.6 is 0 Å². The van der Waals surface area contributed by atoms with E-state index in [1.54, 1.807) is 6.07 Å². The molecule has 1 aliphatic carbocycles. The van der Waals surface area contributed by atoms with Crippen LogP contribution in [0.25, 0.3) is 11.1 Å². The second kappa shape index (κ2) is 4.62. The molecule has 4 heteroatoms. The molecule has 0 spiro atoms. The highest BCUT2D eigenvalue weighted by molar-refractivity contribution is 6.58. The van der Waals surface area contributed by atoms with E-state index in [0.717, 1.165) is 5.56 Å². The van der Waals surface area contributed by atoms with Crippen LogP contribution in [-0.4, -0.2) is 31.3 Å². The number of nitrogens with zero attached hydrogens (tertiary/aromatic N) is 1. The van der Waals surface area contributed by atoms with Gasteiger partial charge in [-0.15, -0.1) is 0 Å². The molecule has 108 valence electrons. The van der Waals surface area contributed by atoms with Gasteiger partial charge in [0.2, 0.25) is 0 Å². The lowest BCUT2D eigenvalue weighted by molar-refractivity contribution is 0.425. The van der Waals surface area contributed by atoms with Crippen molar-refractivity contribution in [3.05, 3.63) is 47.5 Å². The number of rotatable bonds is 2. The van der Waals surface area contributed by atoms with Crippen molar-refractivity contribution in [2.45, 2.75) is 19.3 Å². The van der Waals surface area contributed by atoms with Crippen molar-refractivity contribution in [3.63, 3.8) is 0 Å². The number of anilines is 1. The molecule has 2 N–H and O–H groups in total. The Morgan fingerprint density at radius 2 is 1.48 bits per heavy atom. The van der Waals surface area contributed by atoms with Gasteiger partial charge in [0.15, 0.2) is 0 Å². The Morgan fingerprint density at radius 1 is 0.905 bits per heavy atom. The van der Waals surface area contributed by atoms with Crippen molar-refractivity contribution >= 4 is 18.3 Å². The number of hydrogen-bond donors (Lipinski definition) is 2. The molecule has 0 unspecified atom stereocenters. The minimum atomic E-state index is -1.42. The van der Waals surface area contributed by atoms with Crippen LogP contribution in [0.5, 0.6) is 0 Å². The van der Waals surface area contributed by atoms with E-state index >= 15 is 0 Å². The van der Waals surface area contributed by atoms with Crippen molar-refractivity contribution in [3.8, 4) is 11.1 Å². The predicted molar refractivity (Wildman–Crippen MR) is 88.2 cm³/mol. The zero-order chi connectivity index (χ0) is 15.4. The quantitative estimate of drug-likeness (QED) is 0.824. The van der Waals surface area contributed by atoms with Gasteiger partial charge in [-0.05, 0) is 39.8 Å². The first-order valence-corrected chi connectivity index (χ1v) is 7.15. The fourth-order valence-electron chi connectivity index (χ4n) is 3.18. The summed E-state index contributed by atoms with van der Waals surface area (Å²) in [6.07, 6.45) is 0. The molecule has 0 saturated heterocycles. The normalized spacial score (nSPS) is 14.6. The lowest BCUT2D eigenvalue weighted by Gasteiger charge is -2.23. The molecule has 0 radical (unpaired) electrons. The Bertz CT molecular complexity index is 648. The summed E-state index contributed by atoms with van der Waals surface area (Å²) in [5.74, 6) is 0. The van der Waals surface area contributed by atoms with Crippen LogP contribution in [0.3, 0.4) is 0 Å². The lowest BCUT2D eigenvalue weighted by atomic mass is 9.75. The maximum absolute atomic E-state index is 9.41. The van der Waals surface area contributed by atoms with E-state index in [0.29, 0.717) is 5.46 Å². The van der Waals surface area contributed by atoms with Gasteiger partial charge in [0.25, 0.3) is 0 Å². The van der Waals surface area contributed by atoms with Crippen LogP contribution in [0, 0.1) is 0 Å². The van der Waals surface area contributed by atoms with Gasteiger partial charge < -0.3 is 14.9 Å². The van der Waals surface area contributed by atoms with Gasteiger partial charge in [0.1, 0.15) is 0 Å². The van der Waals surface area contributed by atoms with Crippen molar-refractivity contribution in [1.82, 2.24) is 0 Å². The van der Waals surface area contributed by atoms with Gasteiger partial charge in [-0.2, -0.15) is 0 Å². The highest BCUT2D eigenvalue weighted by Crippen LogP contribution is 2.49. The fraction of sp³-hybridized carbons (Fsp3) is 0.294. The van der Waals surface area contributed by atoms with Crippen molar-refractivity contribution in [2.24, 2.45) is 0 Å². The third kappa shape index (κ3) is 2.06. The Labute approximate surface area is 126 Å². The van der Waals surface area contributed by atoms with Gasteiger partial charge in [0, 0.05) is 25.2 Å². The first-order valence-electron chi connectivity index (χ1n) is 7.15. The summed E-state index contributed by atoms with van der Waals surface area (Å²) in [5.41, 5.74) is 6.44. The van der Waals surface area contributed by atoms with Crippen LogP contribution < -0.4 is 10.4 Å². The first-order chi connectivity index (χ1) is 9.82. The molecule has 0 atom stereocenters. The number of fused-ring (bicyclic) bond motifs is 3. The van der Waals surface area contributed by atoms with Crippen molar-refractivity contribution < 1.29 is 10.0 Å². The molecule has 2 aromatic rings. The Hall–Kier alpha value is -1.78. The molecule has 3 rings (SSSR count). The lowest BCUT2D eigenvalue weighted by Crippen LogP contribution is -2.31. The Morgan fingerprint density at radius 3 is 2.05 bits per heavy atom. The minimum Gasteiger partial charge on any atom is -0.423 e. The van der Waals surface area contributed by atoms with Gasteiger partial charge in [-0.1, -0.05) is 38.1 Å². The molecule has 0 amide bonds. The highest BCUT2D eigenvalue weighted by Gasteiger charge is 2.36. The summed E-state index contributed by atoms with van der Waals surface area (Å²) in [6, 6.07) is 12.2. The van der Waals surface area contributed by atoms with E-state index in [4.69, 9.17) is 0 Å².